The highest BCUT2D eigenvalue weighted by molar-refractivity contribution is 6.04. The molecule has 1 fully saturated rings. The third-order valence-corrected chi connectivity index (χ3v) is 4.23. The van der Waals surface area contributed by atoms with E-state index in [2.05, 4.69) is 20.7 Å². The summed E-state index contributed by atoms with van der Waals surface area (Å²) in [5.74, 6) is -3.04. The van der Waals surface area contributed by atoms with E-state index in [-0.39, 0.29) is 16.9 Å². The Balaban J connectivity index is 1.64. The van der Waals surface area contributed by atoms with Gasteiger partial charge in [0.1, 0.15) is 17.4 Å². The van der Waals surface area contributed by atoms with Gasteiger partial charge in [-0.25, -0.2) is 8.78 Å². The average molecular weight is 394 g/mol. The fourth-order valence-corrected chi connectivity index (χ4v) is 2.73. The van der Waals surface area contributed by atoms with E-state index in [1.165, 1.54) is 6.07 Å². The molecule has 8 nitrogen and oxygen atoms in total. The van der Waals surface area contributed by atoms with E-state index in [1.807, 2.05) is 0 Å². The monoisotopic (exact) mass is 394 g/mol. The Morgan fingerprint density at radius 3 is 2.57 bits per heavy atom. The lowest BCUT2D eigenvalue weighted by atomic mass is 10.1. The number of aryl methyl sites for hydroxylation is 1. The Labute approximate surface area is 159 Å². The van der Waals surface area contributed by atoms with Crippen molar-refractivity contribution in [2.24, 2.45) is 0 Å². The summed E-state index contributed by atoms with van der Waals surface area (Å²) in [7, 11) is 0. The van der Waals surface area contributed by atoms with Gasteiger partial charge in [0, 0.05) is 38.3 Å². The second-order valence-electron chi connectivity index (χ2n) is 6.30. The molecule has 28 heavy (non-hydrogen) atoms. The summed E-state index contributed by atoms with van der Waals surface area (Å²) in [4.78, 5) is 26.5. The normalized spacial score (nSPS) is 14.7. The second kappa shape index (κ2) is 8.89. The van der Waals surface area contributed by atoms with Crippen LogP contribution in [-0.2, 0) is 4.74 Å². The molecule has 0 unspecified atom stereocenters. The van der Waals surface area contributed by atoms with Crippen LogP contribution in [0.4, 0.5) is 14.5 Å². The predicted octanol–water partition coefficient (Wildman–Crippen LogP) is 1.58. The van der Waals surface area contributed by atoms with Crippen LogP contribution >= 0.6 is 0 Å². The van der Waals surface area contributed by atoms with E-state index in [0.29, 0.717) is 38.1 Å². The molecule has 1 saturated heterocycles. The molecule has 0 bridgehead atoms. The largest absolute Gasteiger partial charge is 0.379 e. The second-order valence-corrected chi connectivity index (χ2v) is 6.30. The summed E-state index contributed by atoms with van der Waals surface area (Å²) in [6.45, 7) is 5.28. The first-order chi connectivity index (χ1) is 13.4. The van der Waals surface area contributed by atoms with E-state index >= 15 is 0 Å². The minimum atomic E-state index is -1.02. The van der Waals surface area contributed by atoms with E-state index < -0.39 is 23.4 Å². The smallest absolute Gasteiger partial charge is 0.277 e. The van der Waals surface area contributed by atoms with Crippen LogP contribution in [0.25, 0.3) is 0 Å². The molecule has 2 heterocycles. The summed E-state index contributed by atoms with van der Waals surface area (Å²) < 4.78 is 38.1. The van der Waals surface area contributed by atoms with E-state index in [4.69, 9.17) is 9.26 Å². The third kappa shape index (κ3) is 4.90. The Kier molecular flexibility index (Phi) is 6.32. The van der Waals surface area contributed by atoms with Crippen LogP contribution in [0.1, 0.15) is 26.6 Å². The fraction of sp³-hybridized carbons (Fsp3) is 0.389. The van der Waals surface area contributed by atoms with Gasteiger partial charge in [0.05, 0.1) is 24.5 Å². The van der Waals surface area contributed by atoms with E-state index in [0.717, 1.165) is 19.2 Å². The fourth-order valence-electron chi connectivity index (χ4n) is 2.73. The maximum atomic E-state index is 14.1. The molecule has 1 aliphatic rings. The molecule has 1 aliphatic heterocycles. The Hall–Kier alpha value is -2.85. The first-order valence-electron chi connectivity index (χ1n) is 8.76. The zero-order valence-electron chi connectivity index (χ0n) is 15.3. The maximum Gasteiger partial charge on any atom is 0.277 e. The maximum absolute atomic E-state index is 14.1. The van der Waals surface area contributed by atoms with Crippen molar-refractivity contribution in [1.29, 1.82) is 0 Å². The number of hydrogen-bond acceptors (Lipinski definition) is 6. The summed E-state index contributed by atoms with van der Waals surface area (Å²) in [6.07, 6.45) is 0. The molecule has 150 valence electrons. The van der Waals surface area contributed by atoms with Crippen LogP contribution in [0, 0.1) is 18.6 Å². The summed E-state index contributed by atoms with van der Waals surface area (Å²) in [5, 5.41) is 8.39. The number of aromatic nitrogens is 1. The van der Waals surface area contributed by atoms with Crippen molar-refractivity contribution in [3.05, 3.63) is 46.9 Å². The van der Waals surface area contributed by atoms with Gasteiger partial charge in [-0.2, -0.15) is 0 Å². The molecule has 1 aromatic carbocycles. The SMILES string of the molecule is Cc1cc(C(=O)Nc2cc(C(=O)NCCN3CCOCC3)c(F)cc2F)no1. The van der Waals surface area contributed by atoms with Crippen LogP contribution in [0.5, 0.6) is 0 Å². The lowest BCUT2D eigenvalue weighted by Gasteiger charge is -2.26. The number of halogens is 2. The number of carbonyl (C=O) groups is 2. The van der Waals surface area contributed by atoms with E-state index in [1.54, 1.807) is 6.92 Å². The molecule has 2 aromatic rings. The number of nitrogens with zero attached hydrogens (tertiary/aromatic N) is 2. The number of anilines is 1. The number of carbonyl (C=O) groups excluding carboxylic acids is 2. The lowest BCUT2D eigenvalue weighted by Crippen LogP contribution is -2.41. The van der Waals surface area contributed by atoms with Crippen molar-refractivity contribution in [2.75, 3.05) is 44.7 Å². The molecule has 0 radical (unpaired) electrons. The molecule has 2 amide bonds. The highest BCUT2D eigenvalue weighted by Crippen LogP contribution is 2.20. The number of morpholine rings is 1. The Bertz CT molecular complexity index is 865. The minimum Gasteiger partial charge on any atom is -0.379 e. The molecule has 1 aromatic heterocycles. The van der Waals surface area contributed by atoms with Crippen molar-refractivity contribution >= 4 is 17.5 Å². The number of ether oxygens (including phenoxy) is 1. The van der Waals surface area contributed by atoms with E-state index in [9.17, 15) is 18.4 Å². The average Bonchev–Trinajstić information content (AvgIpc) is 3.11. The van der Waals surface area contributed by atoms with Gasteiger partial charge in [-0.05, 0) is 13.0 Å². The quantitative estimate of drug-likeness (QED) is 0.772. The zero-order chi connectivity index (χ0) is 20.1. The van der Waals surface area contributed by atoms with Crippen molar-refractivity contribution in [1.82, 2.24) is 15.4 Å². The van der Waals surface area contributed by atoms with Crippen LogP contribution < -0.4 is 10.6 Å². The van der Waals surface area contributed by atoms with Crippen molar-refractivity contribution in [3.8, 4) is 0 Å². The first-order valence-corrected chi connectivity index (χ1v) is 8.76. The molecule has 0 atom stereocenters. The molecule has 0 saturated carbocycles. The van der Waals surface area contributed by atoms with Gasteiger partial charge in [0.15, 0.2) is 5.69 Å². The van der Waals surface area contributed by atoms with Crippen molar-refractivity contribution in [3.63, 3.8) is 0 Å². The number of benzene rings is 1. The number of hydrogen-bond donors (Lipinski definition) is 2. The number of nitrogens with one attached hydrogen (secondary N) is 2. The van der Waals surface area contributed by atoms with Gasteiger partial charge < -0.3 is 19.9 Å². The number of rotatable bonds is 6. The predicted molar refractivity (Wildman–Crippen MR) is 95.1 cm³/mol. The van der Waals surface area contributed by atoms with Gasteiger partial charge in [-0.1, -0.05) is 5.16 Å². The van der Waals surface area contributed by atoms with Crippen LogP contribution in [0.15, 0.2) is 22.7 Å². The van der Waals surface area contributed by atoms with Crippen LogP contribution in [-0.4, -0.2) is 61.3 Å². The van der Waals surface area contributed by atoms with Crippen LogP contribution in [0.3, 0.4) is 0 Å². The van der Waals surface area contributed by atoms with Gasteiger partial charge in [0.25, 0.3) is 11.8 Å². The highest BCUT2D eigenvalue weighted by Gasteiger charge is 2.19. The van der Waals surface area contributed by atoms with Crippen molar-refractivity contribution < 1.29 is 27.6 Å². The lowest BCUT2D eigenvalue weighted by molar-refractivity contribution is 0.0383. The summed E-state index contributed by atoms with van der Waals surface area (Å²) >= 11 is 0. The first kappa shape index (κ1) is 19.9. The number of amides is 2. The molecule has 10 heteroatoms. The summed E-state index contributed by atoms with van der Waals surface area (Å²) in [6, 6.07) is 2.89. The molecular formula is C18H20F2N4O4. The molecule has 2 N–H and O–H groups in total. The highest BCUT2D eigenvalue weighted by atomic mass is 19.1. The molecule has 0 aliphatic carbocycles. The Morgan fingerprint density at radius 1 is 1.14 bits per heavy atom. The van der Waals surface area contributed by atoms with Crippen molar-refractivity contribution in [2.45, 2.75) is 6.92 Å². The zero-order valence-corrected chi connectivity index (χ0v) is 15.3. The standard InChI is InChI=1S/C18H20F2N4O4/c1-11-8-16(23-28-11)18(26)22-15-9-12(13(19)10-14(15)20)17(25)21-2-3-24-4-6-27-7-5-24/h8-10H,2-7H2,1H3,(H,21,25)(H,22,26). The molecular weight excluding hydrogens is 374 g/mol. The molecule has 0 spiro atoms. The summed E-state index contributed by atoms with van der Waals surface area (Å²) in [5.41, 5.74) is -0.752. The molecule has 3 rings (SSSR count). The van der Waals surface area contributed by atoms with Gasteiger partial charge in [-0.15, -0.1) is 0 Å². The Morgan fingerprint density at radius 2 is 1.89 bits per heavy atom. The van der Waals surface area contributed by atoms with Gasteiger partial charge in [-0.3, -0.25) is 14.5 Å². The van der Waals surface area contributed by atoms with Gasteiger partial charge in [0.2, 0.25) is 0 Å². The van der Waals surface area contributed by atoms with Gasteiger partial charge >= 0.3 is 0 Å². The minimum absolute atomic E-state index is 0.0577. The van der Waals surface area contributed by atoms with Crippen LogP contribution in [0.2, 0.25) is 0 Å². The topological polar surface area (TPSA) is 96.7 Å². The third-order valence-electron chi connectivity index (χ3n) is 4.23.